The number of benzene rings is 3. The van der Waals surface area contributed by atoms with Gasteiger partial charge >= 0.3 is 5.97 Å². The van der Waals surface area contributed by atoms with Gasteiger partial charge in [0.1, 0.15) is 11.6 Å². The van der Waals surface area contributed by atoms with Crippen LogP contribution in [0.25, 0.3) is 0 Å². The number of halogens is 2. The molecule has 0 spiro atoms. The molecular weight excluding hydrogens is 438 g/mol. The number of rotatable bonds is 6. The van der Waals surface area contributed by atoms with Crippen molar-refractivity contribution in [3.8, 4) is 0 Å². The first-order valence-corrected chi connectivity index (χ1v) is 11.1. The lowest BCUT2D eigenvalue weighted by Crippen LogP contribution is -2.50. The molecule has 0 saturated carbocycles. The minimum Gasteiger partial charge on any atom is -0.478 e. The summed E-state index contributed by atoms with van der Waals surface area (Å²) in [6, 6.07) is 19.5. The van der Waals surface area contributed by atoms with Gasteiger partial charge in [-0.05, 0) is 42.0 Å². The van der Waals surface area contributed by atoms with E-state index in [1.165, 1.54) is 24.3 Å². The summed E-state index contributed by atoms with van der Waals surface area (Å²) in [6.07, 6.45) is 0. The summed E-state index contributed by atoms with van der Waals surface area (Å²) in [7, 11) is 0. The van der Waals surface area contributed by atoms with Gasteiger partial charge in [0.15, 0.2) is 5.96 Å². The molecule has 4 rings (SSSR count). The second kappa shape index (κ2) is 10.9. The molecule has 1 aliphatic rings. The molecule has 3 aromatic rings. The van der Waals surface area contributed by atoms with Crippen LogP contribution in [0.2, 0.25) is 0 Å². The highest BCUT2D eigenvalue weighted by molar-refractivity contribution is 5.95. The summed E-state index contributed by atoms with van der Waals surface area (Å²) in [5.41, 5.74) is 2.33. The summed E-state index contributed by atoms with van der Waals surface area (Å²) >= 11 is 0. The number of piperazine rings is 1. The van der Waals surface area contributed by atoms with Gasteiger partial charge < -0.3 is 15.3 Å². The Morgan fingerprint density at radius 3 is 2.38 bits per heavy atom. The van der Waals surface area contributed by atoms with Gasteiger partial charge in [0.25, 0.3) is 0 Å². The van der Waals surface area contributed by atoms with Gasteiger partial charge in [0, 0.05) is 44.0 Å². The van der Waals surface area contributed by atoms with Crippen molar-refractivity contribution in [2.24, 2.45) is 4.99 Å². The molecule has 1 fully saturated rings. The first-order valence-electron chi connectivity index (χ1n) is 11.1. The second-order valence-electron chi connectivity index (χ2n) is 8.13. The van der Waals surface area contributed by atoms with Gasteiger partial charge in [-0.25, -0.2) is 18.6 Å². The molecule has 176 valence electrons. The van der Waals surface area contributed by atoms with Crippen LogP contribution >= 0.6 is 0 Å². The summed E-state index contributed by atoms with van der Waals surface area (Å²) < 4.78 is 27.3. The van der Waals surface area contributed by atoms with Crippen LogP contribution in [0.15, 0.2) is 77.8 Å². The molecule has 1 aliphatic heterocycles. The van der Waals surface area contributed by atoms with E-state index >= 15 is 0 Å². The molecule has 2 N–H and O–H groups in total. The van der Waals surface area contributed by atoms with E-state index in [0.29, 0.717) is 43.4 Å². The third-order valence-corrected chi connectivity index (χ3v) is 5.71. The molecule has 6 nitrogen and oxygen atoms in total. The van der Waals surface area contributed by atoms with E-state index < -0.39 is 5.97 Å². The highest BCUT2D eigenvalue weighted by Crippen LogP contribution is 2.16. The predicted molar refractivity (Wildman–Crippen MR) is 128 cm³/mol. The maximum Gasteiger partial charge on any atom is 0.335 e. The molecular formula is C26H26F2N4O2. The maximum absolute atomic E-state index is 14.0. The molecule has 0 aromatic heterocycles. The van der Waals surface area contributed by atoms with E-state index in [4.69, 9.17) is 4.99 Å². The first-order chi connectivity index (χ1) is 16.5. The molecule has 0 bridgehead atoms. The Bertz CT molecular complexity index is 1160. The van der Waals surface area contributed by atoms with Crippen molar-refractivity contribution in [1.29, 1.82) is 0 Å². The third kappa shape index (κ3) is 6.17. The van der Waals surface area contributed by atoms with E-state index in [2.05, 4.69) is 15.1 Å². The number of hydrogen-bond donors (Lipinski definition) is 2. The molecule has 8 heteroatoms. The van der Waals surface area contributed by atoms with E-state index in [1.807, 2.05) is 6.07 Å². The van der Waals surface area contributed by atoms with Crippen molar-refractivity contribution in [2.45, 2.75) is 13.1 Å². The van der Waals surface area contributed by atoms with Crippen LogP contribution in [-0.2, 0) is 13.1 Å². The lowest BCUT2D eigenvalue weighted by Gasteiger charge is -2.36. The summed E-state index contributed by atoms with van der Waals surface area (Å²) in [6.45, 7) is 3.67. The van der Waals surface area contributed by atoms with Gasteiger partial charge in [-0.2, -0.15) is 0 Å². The number of hydrogen-bond acceptors (Lipinski definition) is 3. The van der Waals surface area contributed by atoms with Gasteiger partial charge in [0.05, 0.1) is 12.1 Å². The van der Waals surface area contributed by atoms with E-state index in [0.717, 1.165) is 18.7 Å². The number of aliphatic imine (C=N–C) groups is 1. The second-order valence-corrected chi connectivity index (χ2v) is 8.13. The quantitative estimate of drug-likeness (QED) is 0.417. The SMILES string of the molecule is O=C(O)c1cccc(NC(=NCc2ccc(F)cc2)N2CCN(Cc3ccccc3F)CC2)c1. The topological polar surface area (TPSA) is 68.2 Å². The highest BCUT2D eigenvalue weighted by Gasteiger charge is 2.21. The normalized spacial score (nSPS) is 14.8. The van der Waals surface area contributed by atoms with Crippen molar-refractivity contribution in [1.82, 2.24) is 9.80 Å². The number of anilines is 1. The Hall–Kier alpha value is -3.78. The Morgan fingerprint density at radius 2 is 1.68 bits per heavy atom. The number of carboxylic acids is 1. The molecule has 0 aliphatic carbocycles. The molecule has 0 unspecified atom stereocenters. The Morgan fingerprint density at radius 1 is 0.941 bits per heavy atom. The minimum atomic E-state index is -1.00. The maximum atomic E-state index is 14.0. The van der Waals surface area contributed by atoms with Crippen molar-refractivity contribution in [3.05, 3.63) is 101 Å². The van der Waals surface area contributed by atoms with Crippen LogP contribution in [0.1, 0.15) is 21.5 Å². The van der Waals surface area contributed by atoms with Gasteiger partial charge in [-0.3, -0.25) is 4.90 Å². The van der Waals surface area contributed by atoms with Crippen LogP contribution < -0.4 is 5.32 Å². The molecule has 0 radical (unpaired) electrons. The lowest BCUT2D eigenvalue weighted by atomic mass is 10.2. The fourth-order valence-corrected chi connectivity index (χ4v) is 3.82. The van der Waals surface area contributed by atoms with Crippen molar-refractivity contribution in [2.75, 3.05) is 31.5 Å². The fraction of sp³-hybridized carbons (Fsp3) is 0.231. The molecule has 0 atom stereocenters. The van der Waals surface area contributed by atoms with Crippen molar-refractivity contribution < 1.29 is 18.7 Å². The zero-order chi connectivity index (χ0) is 23.9. The largest absolute Gasteiger partial charge is 0.478 e. The van der Waals surface area contributed by atoms with Gasteiger partial charge in [-0.1, -0.05) is 36.4 Å². The number of carboxylic acid groups (broad SMARTS) is 1. The first kappa shape index (κ1) is 23.4. The van der Waals surface area contributed by atoms with Crippen LogP contribution in [0.3, 0.4) is 0 Å². The Balaban J connectivity index is 1.48. The van der Waals surface area contributed by atoms with E-state index in [1.54, 1.807) is 42.5 Å². The zero-order valence-electron chi connectivity index (χ0n) is 18.6. The third-order valence-electron chi connectivity index (χ3n) is 5.71. The molecule has 34 heavy (non-hydrogen) atoms. The van der Waals surface area contributed by atoms with E-state index in [-0.39, 0.29) is 17.2 Å². The number of nitrogens with one attached hydrogen (secondary N) is 1. The predicted octanol–water partition coefficient (Wildman–Crippen LogP) is 4.45. The van der Waals surface area contributed by atoms with Crippen LogP contribution in [-0.4, -0.2) is 53.0 Å². The summed E-state index contributed by atoms with van der Waals surface area (Å²) in [4.78, 5) is 20.4. The average Bonchev–Trinajstić information content (AvgIpc) is 2.85. The molecule has 1 heterocycles. The van der Waals surface area contributed by atoms with Gasteiger partial charge in [-0.15, -0.1) is 0 Å². The molecule has 3 aromatic carbocycles. The Labute approximate surface area is 197 Å². The van der Waals surface area contributed by atoms with Crippen molar-refractivity contribution in [3.63, 3.8) is 0 Å². The number of carbonyl (C=O) groups is 1. The Kier molecular flexibility index (Phi) is 7.49. The standard InChI is InChI=1S/C26H26F2N4O2/c27-22-10-8-19(9-11-22)17-29-26(30-23-6-3-5-20(16-23)25(33)34)32-14-12-31(13-15-32)18-21-4-1-2-7-24(21)28/h1-11,16H,12-15,17-18H2,(H,29,30)(H,33,34). The number of guanidine groups is 1. The monoisotopic (exact) mass is 464 g/mol. The minimum absolute atomic E-state index is 0.178. The summed E-state index contributed by atoms with van der Waals surface area (Å²) in [5.74, 6) is -0.901. The zero-order valence-corrected chi connectivity index (χ0v) is 18.6. The fourth-order valence-electron chi connectivity index (χ4n) is 3.82. The van der Waals surface area contributed by atoms with Crippen molar-refractivity contribution >= 4 is 17.6 Å². The smallest absolute Gasteiger partial charge is 0.335 e. The number of nitrogens with zero attached hydrogens (tertiary/aromatic N) is 3. The molecule has 1 saturated heterocycles. The van der Waals surface area contributed by atoms with E-state index in [9.17, 15) is 18.7 Å². The highest BCUT2D eigenvalue weighted by atomic mass is 19.1. The summed E-state index contributed by atoms with van der Waals surface area (Å²) in [5, 5.41) is 12.6. The average molecular weight is 465 g/mol. The molecule has 0 amide bonds. The van der Waals surface area contributed by atoms with Crippen LogP contribution in [0.4, 0.5) is 14.5 Å². The van der Waals surface area contributed by atoms with Gasteiger partial charge in [0.2, 0.25) is 0 Å². The van der Waals surface area contributed by atoms with Crippen LogP contribution in [0, 0.1) is 11.6 Å². The van der Waals surface area contributed by atoms with Crippen LogP contribution in [0.5, 0.6) is 0 Å². The number of aromatic carboxylic acids is 1. The lowest BCUT2D eigenvalue weighted by molar-refractivity contribution is 0.0697.